The van der Waals surface area contributed by atoms with E-state index in [0.717, 1.165) is 42.3 Å². The molecule has 0 spiro atoms. The lowest BCUT2D eigenvalue weighted by molar-refractivity contribution is -0.127. The lowest BCUT2D eigenvalue weighted by atomic mass is 9.99. The maximum Gasteiger partial charge on any atom is 0.249 e. The molecule has 1 N–H and O–H groups in total. The van der Waals surface area contributed by atoms with Gasteiger partial charge in [0.2, 0.25) is 11.8 Å². The van der Waals surface area contributed by atoms with Gasteiger partial charge in [-0.15, -0.1) is 5.10 Å². The summed E-state index contributed by atoms with van der Waals surface area (Å²) in [4.78, 5) is 30.2. The van der Waals surface area contributed by atoms with Crippen LogP contribution in [0.1, 0.15) is 48.4 Å². The highest BCUT2D eigenvalue weighted by Crippen LogP contribution is 2.36. The Hall–Kier alpha value is -4.40. The number of methoxy groups -OCH3 is 2. The van der Waals surface area contributed by atoms with Gasteiger partial charge in [0.15, 0.2) is 0 Å². The maximum atomic E-state index is 14.4. The predicted molar refractivity (Wildman–Crippen MR) is 154 cm³/mol. The number of carbonyl (C=O) groups excluding carboxylic acids is 2. The van der Waals surface area contributed by atoms with Crippen LogP contribution in [-0.4, -0.2) is 47.1 Å². The van der Waals surface area contributed by atoms with Crippen molar-refractivity contribution in [1.82, 2.24) is 20.3 Å². The Morgan fingerprint density at radius 3 is 2.40 bits per heavy atom. The largest absolute Gasteiger partial charge is 0.497 e. The highest BCUT2D eigenvalue weighted by molar-refractivity contribution is 6.02. The molecule has 208 valence electrons. The van der Waals surface area contributed by atoms with Crippen molar-refractivity contribution in [2.45, 2.75) is 58.2 Å². The van der Waals surface area contributed by atoms with Crippen LogP contribution in [0.15, 0.2) is 60.7 Å². The quantitative estimate of drug-likeness (QED) is 0.324. The predicted octanol–water partition coefficient (Wildman–Crippen LogP) is 4.90. The van der Waals surface area contributed by atoms with E-state index in [0.29, 0.717) is 28.3 Å². The number of ether oxygens (including phenoxy) is 2. The fourth-order valence-electron chi connectivity index (χ4n) is 5.39. The summed E-state index contributed by atoms with van der Waals surface area (Å²) in [5.41, 5.74) is 4.53. The van der Waals surface area contributed by atoms with Crippen LogP contribution in [-0.2, 0) is 16.1 Å². The first kappa shape index (κ1) is 27.2. The molecular weight excluding hydrogens is 506 g/mol. The number of anilines is 1. The highest BCUT2D eigenvalue weighted by Gasteiger charge is 2.36. The van der Waals surface area contributed by atoms with Crippen molar-refractivity contribution in [2.24, 2.45) is 0 Å². The van der Waals surface area contributed by atoms with Crippen LogP contribution >= 0.6 is 0 Å². The molecule has 5 rings (SSSR count). The topological polar surface area (TPSA) is 98.6 Å². The second-order valence-corrected chi connectivity index (χ2v) is 10.3. The average Bonchev–Trinajstić information content (AvgIpc) is 3.62. The molecule has 0 aliphatic heterocycles. The Kier molecular flexibility index (Phi) is 8.00. The van der Waals surface area contributed by atoms with Crippen molar-refractivity contribution in [1.29, 1.82) is 0 Å². The van der Waals surface area contributed by atoms with Gasteiger partial charge in [-0.1, -0.05) is 42.3 Å². The standard InChI is InChI=1S/C31H35N5O4/c1-20-13-14-21(2)28(15-20)36(29(37)19-35-27-12-8-7-11-26(27)33-34-35)30(31(38)32-23-9-5-6-10-23)22-16-24(39-3)18-25(17-22)40-4/h7-8,11-18,23,30H,5-6,9-10,19H2,1-4H3,(H,32,38)/t30-/m1/s1. The summed E-state index contributed by atoms with van der Waals surface area (Å²) in [5, 5.41) is 11.7. The third-order valence-electron chi connectivity index (χ3n) is 7.50. The fraction of sp³-hybridized carbons (Fsp3) is 0.355. The van der Waals surface area contributed by atoms with Crippen LogP contribution in [0.4, 0.5) is 5.69 Å². The second-order valence-electron chi connectivity index (χ2n) is 10.3. The first-order valence-electron chi connectivity index (χ1n) is 13.6. The molecule has 1 aliphatic carbocycles. The first-order chi connectivity index (χ1) is 19.4. The van der Waals surface area contributed by atoms with Crippen LogP contribution in [0.2, 0.25) is 0 Å². The van der Waals surface area contributed by atoms with Gasteiger partial charge in [-0.3, -0.25) is 14.5 Å². The van der Waals surface area contributed by atoms with E-state index in [4.69, 9.17) is 9.47 Å². The molecule has 0 unspecified atom stereocenters. The van der Waals surface area contributed by atoms with E-state index in [2.05, 4.69) is 15.6 Å². The monoisotopic (exact) mass is 541 g/mol. The molecule has 1 fully saturated rings. The van der Waals surface area contributed by atoms with E-state index in [1.807, 2.05) is 56.3 Å². The normalized spacial score (nSPS) is 14.2. The van der Waals surface area contributed by atoms with E-state index < -0.39 is 6.04 Å². The average molecular weight is 542 g/mol. The van der Waals surface area contributed by atoms with Crippen LogP contribution in [0.3, 0.4) is 0 Å². The minimum absolute atomic E-state index is 0.0670. The smallest absolute Gasteiger partial charge is 0.249 e. The summed E-state index contributed by atoms with van der Waals surface area (Å²) in [6.45, 7) is 3.82. The molecule has 0 saturated heterocycles. The van der Waals surface area contributed by atoms with Crippen molar-refractivity contribution >= 4 is 28.5 Å². The SMILES string of the molecule is COc1cc(OC)cc([C@H](C(=O)NC2CCCC2)N(C(=O)Cn2nnc3ccccc32)c2cc(C)ccc2C)c1. The molecule has 3 aromatic carbocycles. The number of aryl methyl sites for hydroxylation is 2. The minimum atomic E-state index is -0.979. The van der Waals surface area contributed by atoms with Crippen LogP contribution < -0.4 is 19.7 Å². The lowest BCUT2D eigenvalue weighted by Crippen LogP contribution is -2.47. The number of fused-ring (bicyclic) bond motifs is 1. The van der Waals surface area contributed by atoms with Gasteiger partial charge in [-0.05, 0) is 73.7 Å². The van der Waals surface area contributed by atoms with E-state index in [1.165, 1.54) is 0 Å². The van der Waals surface area contributed by atoms with E-state index in [1.54, 1.807) is 42.0 Å². The Morgan fingerprint density at radius 1 is 1.00 bits per heavy atom. The summed E-state index contributed by atoms with van der Waals surface area (Å²) >= 11 is 0. The zero-order chi connectivity index (χ0) is 28.2. The molecule has 1 aliphatic rings. The molecule has 40 heavy (non-hydrogen) atoms. The number of nitrogens with zero attached hydrogens (tertiary/aromatic N) is 4. The van der Waals surface area contributed by atoms with Crippen molar-refractivity contribution in [2.75, 3.05) is 19.1 Å². The zero-order valence-corrected chi connectivity index (χ0v) is 23.4. The Bertz CT molecular complexity index is 1500. The zero-order valence-electron chi connectivity index (χ0n) is 23.4. The molecule has 2 amide bonds. The molecule has 1 aromatic heterocycles. The van der Waals surface area contributed by atoms with Gasteiger partial charge in [-0.25, -0.2) is 4.68 Å². The number of nitrogens with one attached hydrogen (secondary N) is 1. The van der Waals surface area contributed by atoms with Gasteiger partial charge in [0.05, 0.1) is 19.7 Å². The van der Waals surface area contributed by atoms with Crippen molar-refractivity contribution in [3.05, 3.63) is 77.4 Å². The molecule has 1 atom stereocenters. The molecule has 0 bridgehead atoms. The van der Waals surface area contributed by atoms with Gasteiger partial charge >= 0.3 is 0 Å². The van der Waals surface area contributed by atoms with E-state index >= 15 is 0 Å². The van der Waals surface area contributed by atoms with Gasteiger partial charge in [0, 0.05) is 17.8 Å². The summed E-state index contributed by atoms with van der Waals surface area (Å²) in [6.07, 6.45) is 3.98. The number of rotatable bonds is 9. The maximum absolute atomic E-state index is 14.4. The number of carbonyl (C=O) groups is 2. The molecule has 1 heterocycles. The number of hydrogen-bond donors (Lipinski definition) is 1. The number of hydrogen-bond acceptors (Lipinski definition) is 6. The number of aromatic nitrogens is 3. The summed E-state index contributed by atoms with van der Waals surface area (Å²) in [5.74, 6) is 0.518. The molecule has 4 aromatic rings. The minimum Gasteiger partial charge on any atom is -0.497 e. The second kappa shape index (κ2) is 11.8. The number of para-hydroxylation sites is 1. The van der Waals surface area contributed by atoms with E-state index in [-0.39, 0.29) is 24.4 Å². The molecular formula is C31H35N5O4. The van der Waals surface area contributed by atoms with Crippen LogP contribution in [0.5, 0.6) is 11.5 Å². The number of benzene rings is 3. The lowest BCUT2D eigenvalue weighted by Gasteiger charge is -2.34. The molecule has 9 heteroatoms. The summed E-state index contributed by atoms with van der Waals surface area (Å²) < 4.78 is 12.7. The number of amides is 2. The Balaban J connectivity index is 1.65. The van der Waals surface area contributed by atoms with Crippen molar-refractivity contribution in [3.8, 4) is 11.5 Å². The first-order valence-corrected chi connectivity index (χ1v) is 13.6. The molecule has 9 nitrogen and oxygen atoms in total. The summed E-state index contributed by atoms with van der Waals surface area (Å²) in [6, 6.07) is 17.8. The van der Waals surface area contributed by atoms with Gasteiger partial charge in [0.25, 0.3) is 0 Å². The van der Waals surface area contributed by atoms with Crippen LogP contribution in [0.25, 0.3) is 11.0 Å². The van der Waals surface area contributed by atoms with Gasteiger partial charge in [0.1, 0.15) is 29.6 Å². The third-order valence-corrected chi connectivity index (χ3v) is 7.50. The fourth-order valence-corrected chi connectivity index (χ4v) is 5.39. The van der Waals surface area contributed by atoms with Crippen molar-refractivity contribution < 1.29 is 19.1 Å². The van der Waals surface area contributed by atoms with Crippen molar-refractivity contribution in [3.63, 3.8) is 0 Å². The van der Waals surface area contributed by atoms with E-state index in [9.17, 15) is 9.59 Å². The van der Waals surface area contributed by atoms with Crippen LogP contribution in [0, 0.1) is 13.8 Å². The Labute approximate surface area is 234 Å². The Morgan fingerprint density at radius 2 is 1.70 bits per heavy atom. The third kappa shape index (κ3) is 5.64. The highest BCUT2D eigenvalue weighted by atomic mass is 16.5. The molecule has 1 saturated carbocycles. The summed E-state index contributed by atoms with van der Waals surface area (Å²) in [7, 11) is 3.13. The molecule has 0 radical (unpaired) electrons. The van der Waals surface area contributed by atoms with Gasteiger partial charge in [-0.2, -0.15) is 0 Å². The van der Waals surface area contributed by atoms with Gasteiger partial charge < -0.3 is 14.8 Å².